The quantitative estimate of drug-likeness (QED) is 0.604. The highest BCUT2D eigenvalue weighted by Crippen LogP contribution is 2.17. The number of esters is 1. The number of allylic oxidation sites excluding steroid dienone is 3. The van der Waals surface area contributed by atoms with Crippen LogP contribution >= 0.6 is 0 Å². The lowest BCUT2D eigenvalue weighted by atomic mass is 9.97. The summed E-state index contributed by atoms with van der Waals surface area (Å²) in [6.45, 7) is 0. The first-order valence-corrected chi connectivity index (χ1v) is 4.55. The highest BCUT2D eigenvalue weighted by molar-refractivity contribution is 6.20. The van der Waals surface area contributed by atoms with E-state index in [2.05, 4.69) is 14.7 Å². The van der Waals surface area contributed by atoms with Crippen LogP contribution < -0.4 is 0 Å². The molecule has 0 aromatic carbocycles. The minimum atomic E-state index is -0.307. The Bertz CT molecular complexity index is 440. The van der Waals surface area contributed by atoms with Crippen molar-refractivity contribution in [3.05, 3.63) is 35.7 Å². The lowest BCUT2D eigenvalue weighted by Gasteiger charge is -2.11. The molecule has 0 N–H and O–H groups in total. The number of nitrogens with zero attached hydrogens (tertiary/aromatic N) is 2. The summed E-state index contributed by atoms with van der Waals surface area (Å²) in [5, 5.41) is 0. The number of methoxy groups -OCH3 is 1. The van der Waals surface area contributed by atoms with Crippen LogP contribution in [0.1, 0.15) is 6.42 Å². The predicted octanol–water partition coefficient (Wildman–Crippen LogP) is 1.41. The van der Waals surface area contributed by atoms with Crippen LogP contribution in [0.2, 0.25) is 0 Å². The fraction of sp³-hybridized carbons (Fsp3) is 0.182. The van der Waals surface area contributed by atoms with E-state index in [4.69, 9.17) is 0 Å². The predicted molar refractivity (Wildman–Crippen MR) is 57.9 cm³/mol. The Labute approximate surface area is 87.4 Å². The van der Waals surface area contributed by atoms with Gasteiger partial charge in [0, 0.05) is 36.2 Å². The monoisotopic (exact) mass is 202 g/mol. The molecule has 0 unspecified atom stereocenters. The highest BCUT2D eigenvalue weighted by atomic mass is 16.5. The summed E-state index contributed by atoms with van der Waals surface area (Å²) in [6, 6.07) is 0. The maximum Gasteiger partial charge on any atom is 0.334 e. The van der Waals surface area contributed by atoms with Crippen LogP contribution in [0.15, 0.2) is 45.7 Å². The molecular formula is C11H10N2O2. The minimum Gasteiger partial charge on any atom is -0.466 e. The van der Waals surface area contributed by atoms with Gasteiger partial charge in [0.1, 0.15) is 0 Å². The van der Waals surface area contributed by atoms with E-state index in [1.165, 1.54) is 7.11 Å². The molecule has 0 fully saturated rings. The third kappa shape index (κ3) is 1.93. The van der Waals surface area contributed by atoms with Crippen LogP contribution in [-0.4, -0.2) is 25.0 Å². The third-order valence-electron chi connectivity index (χ3n) is 2.20. The fourth-order valence-corrected chi connectivity index (χ4v) is 1.42. The molecular weight excluding hydrogens is 192 g/mol. The fourth-order valence-electron chi connectivity index (χ4n) is 1.42. The Morgan fingerprint density at radius 3 is 3.07 bits per heavy atom. The molecule has 0 atom stereocenters. The van der Waals surface area contributed by atoms with E-state index < -0.39 is 0 Å². The first kappa shape index (κ1) is 9.58. The summed E-state index contributed by atoms with van der Waals surface area (Å²) in [4.78, 5) is 19.5. The lowest BCUT2D eigenvalue weighted by Crippen LogP contribution is -2.15. The van der Waals surface area contributed by atoms with Gasteiger partial charge in [-0.2, -0.15) is 0 Å². The van der Waals surface area contributed by atoms with Gasteiger partial charge < -0.3 is 4.74 Å². The summed E-state index contributed by atoms with van der Waals surface area (Å²) >= 11 is 0. The van der Waals surface area contributed by atoms with Gasteiger partial charge in [0.05, 0.1) is 12.8 Å². The van der Waals surface area contributed by atoms with Gasteiger partial charge in [-0.25, -0.2) is 4.79 Å². The summed E-state index contributed by atoms with van der Waals surface area (Å²) in [7, 11) is 1.37. The van der Waals surface area contributed by atoms with Gasteiger partial charge in [-0.05, 0) is 0 Å². The average molecular weight is 202 g/mol. The lowest BCUT2D eigenvalue weighted by molar-refractivity contribution is -0.136. The minimum absolute atomic E-state index is 0.307. The molecule has 0 amide bonds. The van der Waals surface area contributed by atoms with Crippen molar-refractivity contribution in [3.63, 3.8) is 0 Å². The summed E-state index contributed by atoms with van der Waals surface area (Å²) < 4.78 is 4.66. The molecule has 0 aromatic rings. The molecule has 0 radical (unpaired) electrons. The van der Waals surface area contributed by atoms with Gasteiger partial charge in [-0.1, -0.05) is 12.2 Å². The number of ether oxygens (including phenoxy) is 1. The number of aliphatic imine (C=N–C) groups is 2. The van der Waals surface area contributed by atoms with Gasteiger partial charge >= 0.3 is 5.97 Å². The van der Waals surface area contributed by atoms with Crippen molar-refractivity contribution < 1.29 is 9.53 Å². The van der Waals surface area contributed by atoms with E-state index in [0.29, 0.717) is 12.0 Å². The van der Waals surface area contributed by atoms with E-state index in [0.717, 1.165) is 11.3 Å². The third-order valence-corrected chi connectivity index (χ3v) is 2.20. The number of hydrogen-bond acceptors (Lipinski definition) is 4. The number of carbonyl (C=O) groups is 1. The second kappa shape index (κ2) is 4.04. The van der Waals surface area contributed by atoms with Crippen LogP contribution in [0.5, 0.6) is 0 Å². The van der Waals surface area contributed by atoms with Gasteiger partial charge in [-0.15, -0.1) is 0 Å². The number of carbonyl (C=O) groups excluding carboxylic acids is 1. The normalized spacial score (nSPS) is 18.3. The van der Waals surface area contributed by atoms with E-state index >= 15 is 0 Å². The molecule has 2 rings (SSSR count). The first-order chi connectivity index (χ1) is 7.31. The molecule has 1 heterocycles. The van der Waals surface area contributed by atoms with Crippen molar-refractivity contribution in [2.45, 2.75) is 6.42 Å². The Balaban J connectivity index is 2.32. The van der Waals surface area contributed by atoms with Gasteiger partial charge in [0.15, 0.2) is 0 Å². The SMILES string of the molecule is COC(=O)C1=CC=C2C=NC=CN=C2C1. The number of fused-ring (bicyclic) bond motifs is 1. The first-order valence-electron chi connectivity index (χ1n) is 4.55. The van der Waals surface area contributed by atoms with E-state index in [9.17, 15) is 4.79 Å². The van der Waals surface area contributed by atoms with Crippen molar-refractivity contribution in [2.24, 2.45) is 9.98 Å². The van der Waals surface area contributed by atoms with Crippen LogP contribution in [0.3, 0.4) is 0 Å². The van der Waals surface area contributed by atoms with E-state index in [-0.39, 0.29) is 5.97 Å². The molecule has 15 heavy (non-hydrogen) atoms. The molecule has 0 bridgehead atoms. The van der Waals surface area contributed by atoms with Crippen LogP contribution in [0.4, 0.5) is 0 Å². The van der Waals surface area contributed by atoms with Crippen molar-refractivity contribution in [3.8, 4) is 0 Å². The Kier molecular flexibility index (Phi) is 2.58. The zero-order chi connectivity index (χ0) is 10.7. The second-order valence-corrected chi connectivity index (χ2v) is 3.13. The maximum absolute atomic E-state index is 11.3. The number of hydrogen-bond donors (Lipinski definition) is 0. The standard InChI is InChI=1S/C11H10N2O2/c1-15-11(14)8-2-3-9-7-12-4-5-13-10(9)6-8/h2-5,7H,6H2,1H3. The zero-order valence-electron chi connectivity index (χ0n) is 8.30. The van der Waals surface area contributed by atoms with E-state index in [1.54, 1.807) is 24.7 Å². The maximum atomic E-state index is 11.3. The molecule has 1 aliphatic heterocycles. The highest BCUT2D eigenvalue weighted by Gasteiger charge is 2.18. The van der Waals surface area contributed by atoms with Gasteiger partial charge in [0.2, 0.25) is 0 Å². The van der Waals surface area contributed by atoms with Crippen molar-refractivity contribution in [1.82, 2.24) is 0 Å². The second-order valence-electron chi connectivity index (χ2n) is 3.13. The van der Waals surface area contributed by atoms with Crippen LogP contribution in [0.25, 0.3) is 0 Å². The molecule has 0 saturated heterocycles. The smallest absolute Gasteiger partial charge is 0.334 e. The topological polar surface area (TPSA) is 51.0 Å². The Hall–Kier alpha value is -1.97. The summed E-state index contributed by atoms with van der Waals surface area (Å²) in [6.07, 6.45) is 9.03. The molecule has 4 nitrogen and oxygen atoms in total. The van der Waals surface area contributed by atoms with Crippen molar-refractivity contribution in [1.29, 1.82) is 0 Å². The molecule has 1 aliphatic carbocycles. The molecule has 76 valence electrons. The number of rotatable bonds is 1. The van der Waals surface area contributed by atoms with Crippen LogP contribution in [-0.2, 0) is 9.53 Å². The summed E-state index contributed by atoms with van der Waals surface area (Å²) in [5.41, 5.74) is 2.40. The van der Waals surface area contributed by atoms with E-state index in [1.807, 2.05) is 6.08 Å². The van der Waals surface area contributed by atoms with Gasteiger partial charge in [0.25, 0.3) is 0 Å². The zero-order valence-corrected chi connectivity index (χ0v) is 8.30. The Morgan fingerprint density at radius 1 is 1.40 bits per heavy atom. The Morgan fingerprint density at radius 2 is 2.27 bits per heavy atom. The van der Waals surface area contributed by atoms with Crippen molar-refractivity contribution in [2.75, 3.05) is 7.11 Å². The molecule has 0 spiro atoms. The molecule has 0 saturated carbocycles. The largest absolute Gasteiger partial charge is 0.466 e. The summed E-state index contributed by atoms with van der Waals surface area (Å²) in [5.74, 6) is -0.307. The van der Waals surface area contributed by atoms with Crippen LogP contribution in [0, 0.1) is 0 Å². The average Bonchev–Trinajstić information content (AvgIpc) is 2.51. The van der Waals surface area contributed by atoms with Gasteiger partial charge in [-0.3, -0.25) is 9.98 Å². The molecule has 4 heteroatoms. The molecule has 0 aromatic heterocycles. The van der Waals surface area contributed by atoms with Crippen molar-refractivity contribution >= 4 is 17.9 Å². The molecule has 2 aliphatic rings.